The average molecular weight is 323 g/mol. The summed E-state index contributed by atoms with van der Waals surface area (Å²) in [5.74, 6) is 2.37. The van der Waals surface area contributed by atoms with Gasteiger partial charge >= 0.3 is 0 Å². The fourth-order valence-electron chi connectivity index (χ4n) is 3.39. The Labute approximate surface area is 142 Å². The highest BCUT2D eigenvalue weighted by Crippen LogP contribution is 2.37. The van der Waals surface area contributed by atoms with Gasteiger partial charge in [-0.2, -0.15) is 4.99 Å². The summed E-state index contributed by atoms with van der Waals surface area (Å²) in [6.45, 7) is 2.31. The summed E-state index contributed by atoms with van der Waals surface area (Å²) in [6, 6.07) is 8.72. The number of thiocarbonyl (C=S) groups is 1. The Morgan fingerprint density at radius 1 is 1.09 bits per heavy atom. The largest absolute Gasteiger partial charge is 0.234 e. The number of aromatic nitrogens is 2. The lowest BCUT2D eigenvalue weighted by molar-refractivity contribution is 0.319. The van der Waals surface area contributed by atoms with Gasteiger partial charge in [-0.15, -0.1) is 0 Å². The standard InChI is InChI=1S/C19H21N3S/c1-2-14-3-5-15(6-4-14)16-7-9-17(10-8-16)19-20-11-18(12-21-19)22-13-23/h7-12,14-15H,2-6H2,1H3. The van der Waals surface area contributed by atoms with Gasteiger partial charge < -0.3 is 0 Å². The van der Waals surface area contributed by atoms with E-state index in [0.29, 0.717) is 11.6 Å². The topological polar surface area (TPSA) is 38.1 Å². The molecule has 3 rings (SSSR count). The number of nitrogens with zero attached hydrogens (tertiary/aromatic N) is 3. The fraction of sp³-hybridized carbons (Fsp3) is 0.421. The lowest BCUT2D eigenvalue weighted by Crippen LogP contribution is -2.12. The Balaban J connectivity index is 1.70. The molecule has 0 radical (unpaired) electrons. The van der Waals surface area contributed by atoms with Crippen LogP contribution in [0.1, 0.15) is 50.5 Å². The summed E-state index contributed by atoms with van der Waals surface area (Å²) in [5, 5.41) is 2.32. The molecule has 2 aromatic rings. The fourth-order valence-corrected chi connectivity index (χ4v) is 3.49. The number of hydrogen-bond acceptors (Lipinski definition) is 4. The molecule has 0 bridgehead atoms. The highest BCUT2D eigenvalue weighted by atomic mass is 32.1. The number of rotatable bonds is 4. The van der Waals surface area contributed by atoms with Crippen molar-refractivity contribution in [1.29, 1.82) is 0 Å². The molecule has 3 nitrogen and oxygen atoms in total. The maximum Gasteiger partial charge on any atom is 0.159 e. The van der Waals surface area contributed by atoms with Crippen molar-refractivity contribution in [2.75, 3.05) is 0 Å². The van der Waals surface area contributed by atoms with Gasteiger partial charge in [0, 0.05) is 5.56 Å². The molecular weight excluding hydrogens is 302 g/mol. The monoisotopic (exact) mass is 323 g/mol. The summed E-state index contributed by atoms with van der Waals surface area (Å²) < 4.78 is 0. The van der Waals surface area contributed by atoms with E-state index in [0.717, 1.165) is 17.3 Å². The second-order valence-electron chi connectivity index (χ2n) is 6.22. The minimum absolute atomic E-state index is 0.632. The van der Waals surface area contributed by atoms with Crippen LogP contribution in [-0.2, 0) is 0 Å². The van der Waals surface area contributed by atoms with E-state index < -0.39 is 0 Å². The van der Waals surface area contributed by atoms with E-state index in [2.05, 4.69) is 63.5 Å². The first-order valence-electron chi connectivity index (χ1n) is 8.30. The van der Waals surface area contributed by atoms with Crippen LogP contribution in [0.2, 0.25) is 0 Å². The van der Waals surface area contributed by atoms with Crippen molar-refractivity contribution >= 4 is 23.1 Å². The molecule has 0 N–H and O–H groups in total. The van der Waals surface area contributed by atoms with Gasteiger partial charge in [0.05, 0.1) is 17.6 Å². The van der Waals surface area contributed by atoms with Crippen LogP contribution in [0.25, 0.3) is 11.4 Å². The van der Waals surface area contributed by atoms with Crippen LogP contribution >= 0.6 is 12.2 Å². The maximum absolute atomic E-state index is 4.58. The molecule has 0 atom stereocenters. The van der Waals surface area contributed by atoms with Gasteiger partial charge in [-0.1, -0.05) is 37.6 Å². The van der Waals surface area contributed by atoms with Crippen LogP contribution in [0, 0.1) is 5.92 Å². The zero-order valence-corrected chi connectivity index (χ0v) is 14.2. The van der Waals surface area contributed by atoms with E-state index in [1.54, 1.807) is 12.4 Å². The molecule has 1 aliphatic carbocycles. The van der Waals surface area contributed by atoms with Crippen molar-refractivity contribution in [2.45, 2.75) is 44.9 Å². The van der Waals surface area contributed by atoms with Gasteiger partial charge in [0.2, 0.25) is 0 Å². The van der Waals surface area contributed by atoms with Gasteiger partial charge in [-0.3, -0.25) is 0 Å². The number of aliphatic imine (C=N–C) groups is 1. The van der Waals surface area contributed by atoms with E-state index in [9.17, 15) is 0 Å². The minimum Gasteiger partial charge on any atom is -0.234 e. The quantitative estimate of drug-likeness (QED) is 0.546. The molecule has 1 aliphatic rings. The van der Waals surface area contributed by atoms with Crippen LogP contribution in [0.3, 0.4) is 0 Å². The Kier molecular flexibility index (Phi) is 5.27. The zero-order chi connectivity index (χ0) is 16.1. The molecule has 0 saturated heterocycles. The first-order chi connectivity index (χ1) is 11.3. The third-order valence-electron chi connectivity index (χ3n) is 4.88. The molecule has 0 unspecified atom stereocenters. The lowest BCUT2D eigenvalue weighted by atomic mass is 9.78. The molecule has 1 aromatic heterocycles. The van der Waals surface area contributed by atoms with Crippen molar-refractivity contribution < 1.29 is 0 Å². The Hall–Kier alpha value is -1.90. The number of benzene rings is 1. The predicted octanol–water partition coefficient (Wildman–Crippen LogP) is 5.56. The van der Waals surface area contributed by atoms with Crippen LogP contribution in [-0.4, -0.2) is 15.1 Å². The second-order valence-corrected chi connectivity index (χ2v) is 6.40. The molecule has 0 aliphatic heterocycles. The van der Waals surface area contributed by atoms with E-state index in [1.165, 1.54) is 37.7 Å². The lowest BCUT2D eigenvalue weighted by Gasteiger charge is -2.28. The normalized spacial score (nSPS) is 20.7. The molecule has 0 amide bonds. The van der Waals surface area contributed by atoms with Crippen LogP contribution in [0.4, 0.5) is 5.69 Å². The summed E-state index contributed by atoms with van der Waals surface area (Å²) in [6.07, 6.45) is 10.0. The third kappa shape index (κ3) is 3.90. The molecule has 1 aromatic carbocycles. The van der Waals surface area contributed by atoms with Gasteiger partial charge in [0.15, 0.2) is 5.82 Å². The summed E-state index contributed by atoms with van der Waals surface area (Å²) in [5.41, 5.74) is 3.12. The van der Waals surface area contributed by atoms with Gasteiger partial charge in [0.25, 0.3) is 0 Å². The minimum atomic E-state index is 0.632. The highest BCUT2D eigenvalue weighted by Gasteiger charge is 2.21. The summed E-state index contributed by atoms with van der Waals surface area (Å²) in [4.78, 5) is 12.5. The SMILES string of the molecule is CCC1CCC(c2ccc(-c3ncc(N=C=S)cn3)cc2)CC1. The van der Waals surface area contributed by atoms with Crippen molar-refractivity contribution in [2.24, 2.45) is 10.9 Å². The van der Waals surface area contributed by atoms with Crippen LogP contribution in [0.5, 0.6) is 0 Å². The van der Waals surface area contributed by atoms with Gasteiger partial charge in [-0.25, -0.2) is 9.97 Å². The number of hydrogen-bond donors (Lipinski definition) is 0. The van der Waals surface area contributed by atoms with E-state index >= 15 is 0 Å². The molecule has 1 heterocycles. The van der Waals surface area contributed by atoms with E-state index in [4.69, 9.17) is 0 Å². The van der Waals surface area contributed by atoms with E-state index in [-0.39, 0.29) is 0 Å². The smallest absolute Gasteiger partial charge is 0.159 e. The Morgan fingerprint density at radius 2 is 1.74 bits per heavy atom. The predicted molar refractivity (Wildman–Crippen MR) is 97.1 cm³/mol. The molecular formula is C19H21N3S. The highest BCUT2D eigenvalue weighted by molar-refractivity contribution is 7.78. The third-order valence-corrected chi connectivity index (χ3v) is 4.97. The summed E-state index contributed by atoms with van der Waals surface area (Å²) >= 11 is 4.58. The summed E-state index contributed by atoms with van der Waals surface area (Å²) in [7, 11) is 0. The van der Waals surface area contributed by atoms with Gasteiger partial charge in [0.1, 0.15) is 5.69 Å². The first kappa shape index (κ1) is 16.0. The van der Waals surface area contributed by atoms with Crippen LogP contribution < -0.4 is 0 Å². The average Bonchev–Trinajstić information content (AvgIpc) is 2.63. The Bertz CT molecular complexity index is 680. The van der Waals surface area contributed by atoms with Crippen molar-refractivity contribution in [3.8, 4) is 11.4 Å². The molecule has 23 heavy (non-hydrogen) atoms. The van der Waals surface area contributed by atoms with E-state index in [1.807, 2.05) is 0 Å². The van der Waals surface area contributed by atoms with Crippen molar-refractivity contribution in [3.63, 3.8) is 0 Å². The first-order valence-corrected chi connectivity index (χ1v) is 8.71. The molecule has 1 saturated carbocycles. The molecule has 118 valence electrons. The maximum atomic E-state index is 4.58. The molecule has 4 heteroatoms. The van der Waals surface area contributed by atoms with Crippen LogP contribution in [0.15, 0.2) is 41.7 Å². The second kappa shape index (κ2) is 7.58. The van der Waals surface area contributed by atoms with Gasteiger partial charge in [-0.05, 0) is 55.3 Å². The zero-order valence-electron chi connectivity index (χ0n) is 13.4. The Morgan fingerprint density at radius 3 is 2.30 bits per heavy atom. The molecule has 1 fully saturated rings. The molecule has 0 spiro atoms. The van der Waals surface area contributed by atoms with Crippen molar-refractivity contribution in [1.82, 2.24) is 9.97 Å². The van der Waals surface area contributed by atoms with Crippen molar-refractivity contribution in [3.05, 3.63) is 42.2 Å². The number of isothiocyanates is 1.